The fourth-order valence-electron chi connectivity index (χ4n) is 1.59. The zero-order valence-electron chi connectivity index (χ0n) is 11.9. The van der Waals surface area contributed by atoms with Gasteiger partial charge in [0.15, 0.2) is 0 Å². The van der Waals surface area contributed by atoms with Crippen molar-refractivity contribution in [1.29, 1.82) is 5.26 Å². The zero-order chi connectivity index (χ0) is 13.1. The molecule has 17 heavy (non-hydrogen) atoms. The summed E-state index contributed by atoms with van der Waals surface area (Å²) in [6.07, 6.45) is 4.04. The highest BCUT2D eigenvalue weighted by atomic mass is 16.5. The molecule has 0 aromatic carbocycles. The number of nitrogens with zero attached hydrogens (tertiary/aromatic N) is 1. The average molecular weight is 240 g/mol. The Morgan fingerprint density at radius 2 is 2.06 bits per heavy atom. The maximum absolute atomic E-state index is 9.14. The summed E-state index contributed by atoms with van der Waals surface area (Å²) in [5.74, 6) is 0.602. The second-order valence-corrected chi connectivity index (χ2v) is 5.30. The van der Waals surface area contributed by atoms with Crippen LogP contribution in [-0.4, -0.2) is 25.3 Å². The third-order valence-electron chi connectivity index (χ3n) is 2.68. The molecule has 0 aliphatic heterocycles. The fraction of sp³-hybridized carbons (Fsp3) is 0.929. The summed E-state index contributed by atoms with van der Waals surface area (Å²) in [6.45, 7) is 11.0. The van der Waals surface area contributed by atoms with Crippen LogP contribution in [-0.2, 0) is 4.74 Å². The van der Waals surface area contributed by atoms with Crippen LogP contribution in [0.15, 0.2) is 0 Å². The molecule has 0 bridgehead atoms. The van der Waals surface area contributed by atoms with Crippen molar-refractivity contribution in [2.75, 3.05) is 19.8 Å². The van der Waals surface area contributed by atoms with E-state index in [2.05, 4.69) is 32.2 Å². The number of nitrogens with one attached hydrogen (secondary N) is 1. The maximum Gasteiger partial charge on any atom is 0.103 e. The number of unbranched alkanes of at least 4 members (excludes halogenated alkanes) is 1. The molecule has 1 N–H and O–H groups in total. The molecule has 0 rings (SSSR count). The Kier molecular flexibility index (Phi) is 9.11. The lowest BCUT2D eigenvalue weighted by Gasteiger charge is -2.22. The van der Waals surface area contributed by atoms with Crippen LogP contribution in [0, 0.1) is 17.2 Å². The first kappa shape index (κ1) is 16.4. The molecular formula is C14H28N2O. The molecule has 0 saturated carbocycles. The smallest absolute Gasteiger partial charge is 0.103 e. The van der Waals surface area contributed by atoms with Gasteiger partial charge in [-0.05, 0) is 45.1 Å². The lowest BCUT2D eigenvalue weighted by atomic mass is 9.96. The minimum absolute atomic E-state index is 0.367. The first-order valence-electron chi connectivity index (χ1n) is 6.78. The van der Waals surface area contributed by atoms with Crippen molar-refractivity contribution in [3.05, 3.63) is 0 Å². The maximum atomic E-state index is 9.14. The van der Waals surface area contributed by atoms with E-state index in [9.17, 15) is 0 Å². The van der Waals surface area contributed by atoms with E-state index in [-0.39, 0.29) is 5.54 Å². The first-order valence-corrected chi connectivity index (χ1v) is 6.78. The van der Waals surface area contributed by atoms with Gasteiger partial charge in [0, 0.05) is 13.2 Å². The molecule has 0 spiro atoms. The molecule has 0 saturated heterocycles. The van der Waals surface area contributed by atoms with Gasteiger partial charge in [-0.3, -0.25) is 5.32 Å². The van der Waals surface area contributed by atoms with Crippen molar-refractivity contribution >= 4 is 0 Å². The van der Waals surface area contributed by atoms with Crippen LogP contribution in [0.1, 0.15) is 53.4 Å². The molecule has 3 heteroatoms. The van der Waals surface area contributed by atoms with Gasteiger partial charge >= 0.3 is 0 Å². The third kappa shape index (κ3) is 9.14. The zero-order valence-corrected chi connectivity index (χ0v) is 11.9. The highest BCUT2D eigenvalue weighted by molar-refractivity contribution is 5.03. The van der Waals surface area contributed by atoms with Crippen molar-refractivity contribution in [2.45, 2.75) is 58.9 Å². The van der Waals surface area contributed by atoms with E-state index in [1.54, 1.807) is 0 Å². The number of ether oxygens (including phenoxy) is 1. The Bertz CT molecular complexity index is 223. The van der Waals surface area contributed by atoms with E-state index in [4.69, 9.17) is 10.00 Å². The summed E-state index contributed by atoms with van der Waals surface area (Å²) in [7, 11) is 0. The molecule has 0 aromatic heterocycles. The van der Waals surface area contributed by atoms with Crippen LogP contribution >= 0.6 is 0 Å². The van der Waals surface area contributed by atoms with E-state index >= 15 is 0 Å². The summed E-state index contributed by atoms with van der Waals surface area (Å²) >= 11 is 0. The van der Waals surface area contributed by atoms with Crippen molar-refractivity contribution < 1.29 is 4.74 Å². The van der Waals surface area contributed by atoms with Gasteiger partial charge in [-0.1, -0.05) is 20.8 Å². The second kappa shape index (κ2) is 9.44. The number of rotatable bonds is 10. The minimum atomic E-state index is -0.367. The van der Waals surface area contributed by atoms with Crippen LogP contribution in [0.4, 0.5) is 0 Å². The van der Waals surface area contributed by atoms with E-state index in [1.165, 1.54) is 0 Å². The van der Waals surface area contributed by atoms with Crippen LogP contribution in [0.2, 0.25) is 0 Å². The molecule has 0 amide bonds. The summed E-state index contributed by atoms with van der Waals surface area (Å²) in [4.78, 5) is 0. The summed E-state index contributed by atoms with van der Waals surface area (Å²) < 4.78 is 5.52. The Hall–Kier alpha value is -0.590. The summed E-state index contributed by atoms with van der Waals surface area (Å²) in [6, 6.07) is 2.37. The Morgan fingerprint density at radius 1 is 1.35 bits per heavy atom. The molecule has 0 aromatic rings. The van der Waals surface area contributed by atoms with E-state index in [0.29, 0.717) is 5.92 Å². The van der Waals surface area contributed by atoms with Gasteiger partial charge in [-0.2, -0.15) is 5.26 Å². The van der Waals surface area contributed by atoms with Crippen molar-refractivity contribution in [3.63, 3.8) is 0 Å². The molecule has 3 nitrogen and oxygen atoms in total. The molecule has 1 atom stereocenters. The highest BCUT2D eigenvalue weighted by Gasteiger charge is 2.21. The van der Waals surface area contributed by atoms with Gasteiger partial charge in [0.25, 0.3) is 0 Å². The van der Waals surface area contributed by atoms with Gasteiger partial charge in [0.1, 0.15) is 5.54 Å². The molecule has 0 aliphatic carbocycles. The molecule has 1 unspecified atom stereocenters. The SMILES string of the molecule is CCCNC(C)(C#N)CCCCOCC(C)C. The fourth-order valence-corrected chi connectivity index (χ4v) is 1.59. The van der Waals surface area contributed by atoms with Gasteiger partial charge in [0.2, 0.25) is 0 Å². The normalized spacial score (nSPS) is 14.6. The van der Waals surface area contributed by atoms with E-state index < -0.39 is 0 Å². The lowest BCUT2D eigenvalue weighted by Crippen LogP contribution is -2.41. The molecule has 100 valence electrons. The van der Waals surface area contributed by atoms with Gasteiger partial charge in [0.05, 0.1) is 6.07 Å². The summed E-state index contributed by atoms with van der Waals surface area (Å²) in [5, 5.41) is 12.4. The Labute approximate surface area is 107 Å². The molecule has 0 aliphatic rings. The highest BCUT2D eigenvalue weighted by Crippen LogP contribution is 2.13. The Balaban J connectivity index is 3.60. The molecular weight excluding hydrogens is 212 g/mol. The van der Waals surface area contributed by atoms with Gasteiger partial charge < -0.3 is 4.74 Å². The van der Waals surface area contributed by atoms with E-state index in [0.717, 1.165) is 45.4 Å². The standard InChI is InChI=1S/C14H28N2O/c1-5-9-16-14(4,12-15)8-6-7-10-17-11-13(2)3/h13,16H,5-11H2,1-4H3. The van der Waals surface area contributed by atoms with Crippen LogP contribution in [0.25, 0.3) is 0 Å². The molecule has 0 radical (unpaired) electrons. The number of hydrogen-bond acceptors (Lipinski definition) is 3. The largest absolute Gasteiger partial charge is 0.381 e. The third-order valence-corrected chi connectivity index (χ3v) is 2.68. The first-order chi connectivity index (χ1) is 8.04. The average Bonchev–Trinajstić information content (AvgIpc) is 2.30. The predicted octanol–water partition coefficient (Wildman–Crippen LogP) is 3.11. The monoisotopic (exact) mass is 240 g/mol. The van der Waals surface area contributed by atoms with Crippen molar-refractivity contribution in [2.24, 2.45) is 5.92 Å². The van der Waals surface area contributed by atoms with Crippen LogP contribution < -0.4 is 5.32 Å². The second-order valence-electron chi connectivity index (χ2n) is 5.30. The topological polar surface area (TPSA) is 45.0 Å². The summed E-state index contributed by atoms with van der Waals surface area (Å²) in [5.41, 5.74) is -0.367. The van der Waals surface area contributed by atoms with Gasteiger partial charge in [-0.25, -0.2) is 0 Å². The lowest BCUT2D eigenvalue weighted by molar-refractivity contribution is 0.105. The van der Waals surface area contributed by atoms with E-state index in [1.807, 2.05) is 6.92 Å². The van der Waals surface area contributed by atoms with Crippen molar-refractivity contribution in [3.8, 4) is 6.07 Å². The quantitative estimate of drug-likeness (QED) is 0.597. The molecule has 0 heterocycles. The Morgan fingerprint density at radius 3 is 2.59 bits per heavy atom. The number of hydrogen-bond donors (Lipinski definition) is 1. The van der Waals surface area contributed by atoms with Crippen molar-refractivity contribution in [1.82, 2.24) is 5.32 Å². The minimum Gasteiger partial charge on any atom is -0.381 e. The van der Waals surface area contributed by atoms with Crippen LogP contribution in [0.5, 0.6) is 0 Å². The predicted molar refractivity (Wildman–Crippen MR) is 71.8 cm³/mol. The molecule has 0 fully saturated rings. The number of nitriles is 1. The van der Waals surface area contributed by atoms with Crippen LogP contribution in [0.3, 0.4) is 0 Å². The van der Waals surface area contributed by atoms with Gasteiger partial charge in [-0.15, -0.1) is 0 Å².